The van der Waals surface area contributed by atoms with Gasteiger partial charge < -0.3 is 9.15 Å². The molecule has 13 heteroatoms. The van der Waals surface area contributed by atoms with Gasteiger partial charge in [0.25, 0.3) is 17.3 Å². The number of non-ortho nitro benzene ring substituents is 1. The van der Waals surface area contributed by atoms with Crippen LogP contribution in [0, 0.1) is 34.1 Å². The third-order valence-electron chi connectivity index (χ3n) is 5.23. The molecule has 4 rings (SSSR count). The third kappa shape index (κ3) is 4.19. The van der Waals surface area contributed by atoms with E-state index in [0.29, 0.717) is 10.5 Å². The molecule has 1 N–H and O–H groups in total. The van der Waals surface area contributed by atoms with Crippen molar-refractivity contribution < 1.29 is 28.6 Å². The quantitative estimate of drug-likeness (QED) is 0.219. The Bertz CT molecular complexity index is 1500. The predicted octanol–water partition coefficient (Wildman–Crippen LogP) is 5.03. The number of nitro groups is 2. The summed E-state index contributed by atoms with van der Waals surface area (Å²) in [5.74, 6) is -1.63. The number of ether oxygens (including phenoxy) is 1. The lowest BCUT2D eigenvalue weighted by Gasteiger charge is -2.08. The van der Waals surface area contributed by atoms with Gasteiger partial charge in [-0.25, -0.2) is 9.78 Å². The molecule has 4 aromatic rings. The molecule has 0 unspecified atom stereocenters. The monoisotopic (exact) mass is 496 g/mol. The minimum absolute atomic E-state index is 0.0450. The minimum Gasteiger partial charge on any atom is -0.465 e. The van der Waals surface area contributed by atoms with Gasteiger partial charge in [0, 0.05) is 11.6 Å². The molecule has 2 heterocycles. The van der Waals surface area contributed by atoms with Crippen molar-refractivity contribution in [3.8, 4) is 10.6 Å². The Morgan fingerprint density at radius 1 is 1.11 bits per heavy atom. The first-order valence-corrected chi connectivity index (χ1v) is 10.8. The molecule has 2 aromatic heterocycles. The van der Waals surface area contributed by atoms with Crippen LogP contribution in [0.3, 0.4) is 0 Å². The second-order valence-electron chi connectivity index (χ2n) is 7.32. The number of amides is 1. The number of aromatic nitrogens is 1. The summed E-state index contributed by atoms with van der Waals surface area (Å²) < 4.78 is 11.4. The van der Waals surface area contributed by atoms with Crippen LogP contribution in [0.2, 0.25) is 0 Å². The number of furan rings is 1. The van der Waals surface area contributed by atoms with Gasteiger partial charge in [0.2, 0.25) is 5.88 Å². The van der Waals surface area contributed by atoms with Crippen LogP contribution in [0.4, 0.5) is 17.3 Å². The van der Waals surface area contributed by atoms with Crippen molar-refractivity contribution in [3.63, 3.8) is 0 Å². The third-order valence-corrected chi connectivity index (χ3v) is 6.28. The number of benzene rings is 2. The van der Waals surface area contributed by atoms with Gasteiger partial charge in [0.15, 0.2) is 0 Å². The molecule has 0 saturated heterocycles. The number of hydrogen-bond donors (Lipinski definition) is 1. The van der Waals surface area contributed by atoms with E-state index in [1.807, 2.05) is 12.1 Å². The minimum atomic E-state index is -0.901. The molecule has 0 aliphatic heterocycles. The normalized spacial score (nSPS) is 10.8. The van der Waals surface area contributed by atoms with Crippen molar-refractivity contribution in [2.45, 2.75) is 13.8 Å². The summed E-state index contributed by atoms with van der Waals surface area (Å²) in [6.45, 7) is 2.81. The lowest BCUT2D eigenvalue weighted by atomic mass is 10.0. The molecule has 2 aromatic carbocycles. The number of para-hydroxylation sites is 1. The largest absolute Gasteiger partial charge is 0.465 e. The van der Waals surface area contributed by atoms with Gasteiger partial charge in [-0.1, -0.05) is 12.1 Å². The fourth-order valence-corrected chi connectivity index (χ4v) is 4.56. The first-order valence-electron chi connectivity index (χ1n) is 9.94. The Kier molecular flexibility index (Phi) is 6.01. The summed E-state index contributed by atoms with van der Waals surface area (Å²) in [6.07, 6.45) is 0. The number of aryl methyl sites for hydroxylation is 1. The maximum absolute atomic E-state index is 13.2. The Balaban J connectivity index is 1.86. The molecule has 178 valence electrons. The van der Waals surface area contributed by atoms with Gasteiger partial charge >= 0.3 is 5.97 Å². The molecule has 0 fully saturated rings. The number of thiazole rings is 1. The van der Waals surface area contributed by atoms with Crippen molar-refractivity contribution in [2.24, 2.45) is 0 Å². The van der Waals surface area contributed by atoms with Crippen molar-refractivity contribution in [3.05, 3.63) is 79.1 Å². The first-order chi connectivity index (χ1) is 16.6. The van der Waals surface area contributed by atoms with Crippen LogP contribution in [0.15, 0.2) is 40.8 Å². The van der Waals surface area contributed by atoms with Crippen LogP contribution >= 0.6 is 11.3 Å². The average Bonchev–Trinajstić information content (AvgIpc) is 3.38. The van der Waals surface area contributed by atoms with Gasteiger partial charge in [-0.05, 0) is 26.0 Å². The number of fused-ring (bicyclic) bond motifs is 1. The zero-order valence-corrected chi connectivity index (χ0v) is 19.3. The van der Waals surface area contributed by atoms with Crippen LogP contribution in [0.5, 0.6) is 0 Å². The number of hydrogen-bond acceptors (Lipinski definition) is 10. The summed E-state index contributed by atoms with van der Waals surface area (Å²) >= 11 is 1.25. The number of nitrogens with zero attached hydrogens (tertiary/aromatic N) is 3. The van der Waals surface area contributed by atoms with Gasteiger partial charge in [0.05, 0.1) is 44.4 Å². The molecule has 0 aliphatic rings. The van der Waals surface area contributed by atoms with Crippen LogP contribution < -0.4 is 5.32 Å². The second-order valence-corrected chi connectivity index (χ2v) is 8.35. The van der Waals surface area contributed by atoms with Crippen LogP contribution in [0.1, 0.15) is 32.0 Å². The zero-order valence-electron chi connectivity index (χ0n) is 18.5. The van der Waals surface area contributed by atoms with Crippen molar-refractivity contribution in [2.75, 3.05) is 12.4 Å². The summed E-state index contributed by atoms with van der Waals surface area (Å²) in [5.41, 5.74) is -0.702. The fourth-order valence-electron chi connectivity index (χ4n) is 3.55. The number of nitro benzene ring substituents is 2. The highest BCUT2D eigenvalue weighted by molar-refractivity contribution is 7.21. The molecular weight excluding hydrogens is 480 g/mol. The van der Waals surface area contributed by atoms with Crippen LogP contribution in [0.25, 0.3) is 20.8 Å². The molecular formula is C22H16N4O8S. The standard InChI is InChI=1S/C22H16N4O8S/c1-10-13(8-12(25(29)30)9-15(10)26(31)32)19(27)24-20-18(17(11(2)34-20)22(28)33-3)21-23-14-6-4-5-7-16(14)35-21/h4-9H,1-3H3,(H,24,27). The van der Waals surface area contributed by atoms with Gasteiger partial charge in [-0.2, -0.15) is 0 Å². The second kappa shape index (κ2) is 8.95. The molecule has 0 saturated carbocycles. The molecule has 0 atom stereocenters. The van der Waals surface area contributed by atoms with E-state index in [2.05, 4.69) is 10.3 Å². The van der Waals surface area contributed by atoms with E-state index in [-0.39, 0.29) is 33.9 Å². The number of methoxy groups -OCH3 is 1. The Labute approximate surface area is 200 Å². The predicted molar refractivity (Wildman–Crippen MR) is 126 cm³/mol. The number of anilines is 1. The summed E-state index contributed by atoms with van der Waals surface area (Å²) in [5, 5.41) is 25.5. The zero-order chi connectivity index (χ0) is 25.4. The van der Waals surface area contributed by atoms with Crippen molar-refractivity contribution in [1.82, 2.24) is 4.98 Å². The lowest BCUT2D eigenvalue weighted by molar-refractivity contribution is -0.394. The molecule has 0 bridgehead atoms. The van der Waals surface area contributed by atoms with E-state index in [0.717, 1.165) is 16.8 Å². The van der Waals surface area contributed by atoms with E-state index in [1.54, 1.807) is 12.1 Å². The Hall–Kier alpha value is -4.65. The van der Waals surface area contributed by atoms with E-state index >= 15 is 0 Å². The van der Waals surface area contributed by atoms with E-state index in [1.165, 1.54) is 32.3 Å². The van der Waals surface area contributed by atoms with Crippen molar-refractivity contribution >= 4 is 50.7 Å². The van der Waals surface area contributed by atoms with Gasteiger partial charge in [-0.15, -0.1) is 11.3 Å². The number of carbonyl (C=O) groups is 2. The first kappa shape index (κ1) is 23.5. The molecule has 1 amide bonds. The molecule has 0 radical (unpaired) electrons. The Morgan fingerprint density at radius 2 is 1.83 bits per heavy atom. The number of nitrogens with one attached hydrogen (secondary N) is 1. The van der Waals surface area contributed by atoms with E-state index < -0.39 is 33.1 Å². The SMILES string of the molecule is COC(=O)c1c(C)oc(NC(=O)c2cc([N+](=O)[O-])cc([N+](=O)[O-])c2C)c1-c1nc2ccccc2s1. The smallest absolute Gasteiger partial charge is 0.342 e. The fraction of sp³-hybridized carbons (Fsp3) is 0.136. The number of rotatable bonds is 6. The molecule has 35 heavy (non-hydrogen) atoms. The summed E-state index contributed by atoms with van der Waals surface area (Å²) in [6, 6.07) is 8.97. The highest BCUT2D eigenvalue weighted by Crippen LogP contribution is 2.41. The number of carbonyl (C=O) groups excluding carboxylic acids is 2. The molecule has 0 aliphatic carbocycles. The van der Waals surface area contributed by atoms with Crippen molar-refractivity contribution in [1.29, 1.82) is 0 Å². The molecule has 12 nitrogen and oxygen atoms in total. The van der Waals surface area contributed by atoms with E-state index in [9.17, 15) is 29.8 Å². The van der Waals surface area contributed by atoms with Gasteiger partial charge in [-0.3, -0.25) is 30.3 Å². The summed E-state index contributed by atoms with van der Waals surface area (Å²) in [7, 11) is 1.20. The maximum atomic E-state index is 13.2. The van der Waals surface area contributed by atoms with E-state index in [4.69, 9.17) is 9.15 Å². The number of esters is 1. The van der Waals surface area contributed by atoms with Crippen LogP contribution in [-0.2, 0) is 4.74 Å². The Morgan fingerprint density at radius 3 is 2.46 bits per heavy atom. The average molecular weight is 496 g/mol. The van der Waals surface area contributed by atoms with Crippen LogP contribution in [-0.4, -0.2) is 33.8 Å². The molecule has 0 spiro atoms. The maximum Gasteiger partial charge on any atom is 0.342 e. The summed E-state index contributed by atoms with van der Waals surface area (Å²) in [4.78, 5) is 51.2. The van der Waals surface area contributed by atoms with Gasteiger partial charge in [0.1, 0.15) is 16.3 Å². The highest BCUT2D eigenvalue weighted by Gasteiger charge is 2.31. The lowest BCUT2D eigenvalue weighted by Crippen LogP contribution is -2.15. The highest BCUT2D eigenvalue weighted by atomic mass is 32.1. The topological polar surface area (TPSA) is 168 Å².